The Kier molecular flexibility index (Phi) is 6.36. The second-order valence-electron chi connectivity index (χ2n) is 6.01. The second kappa shape index (κ2) is 8.50. The van der Waals surface area contributed by atoms with Gasteiger partial charge in [0, 0.05) is 0 Å². The van der Waals surface area contributed by atoms with E-state index in [-0.39, 0.29) is 18.8 Å². The van der Waals surface area contributed by atoms with Crippen LogP contribution in [0.2, 0.25) is 0 Å². The van der Waals surface area contributed by atoms with Gasteiger partial charge in [-0.15, -0.1) is 0 Å². The van der Waals surface area contributed by atoms with Crippen LogP contribution in [0.25, 0.3) is 0 Å². The van der Waals surface area contributed by atoms with Gasteiger partial charge in [0.1, 0.15) is 5.75 Å². The molecule has 2 aromatic carbocycles. The van der Waals surface area contributed by atoms with Crippen LogP contribution in [0.3, 0.4) is 0 Å². The number of ether oxygens (including phenoxy) is 1. The molecule has 0 unspecified atom stereocenters. The standard InChI is InChI=1S/C19H20N2O4S/c1-14-9-15(2)11-18(10-14)25-8-7-19(22)21-26(23,24)13-17-5-3-16(12-20)4-6-17/h3-6,9-11H,7-8,13H2,1-2H3,(H,21,22). The van der Waals surface area contributed by atoms with E-state index in [0.717, 1.165) is 11.1 Å². The first-order valence-electron chi connectivity index (χ1n) is 8.01. The monoisotopic (exact) mass is 372 g/mol. The van der Waals surface area contributed by atoms with Crippen molar-refractivity contribution in [3.05, 3.63) is 64.7 Å². The average Bonchev–Trinajstić information content (AvgIpc) is 2.53. The highest BCUT2D eigenvalue weighted by Crippen LogP contribution is 2.16. The van der Waals surface area contributed by atoms with Crippen LogP contribution >= 0.6 is 0 Å². The van der Waals surface area contributed by atoms with Crippen molar-refractivity contribution >= 4 is 15.9 Å². The van der Waals surface area contributed by atoms with E-state index in [1.807, 2.05) is 42.8 Å². The molecule has 0 spiro atoms. The first kappa shape index (κ1) is 19.5. The number of nitriles is 1. The molecule has 0 saturated heterocycles. The topological polar surface area (TPSA) is 96.3 Å². The van der Waals surface area contributed by atoms with Gasteiger partial charge in [-0.25, -0.2) is 8.42 Å². The van der Waals surface area contributed by atoms with E-state index in [1.54, 1.807) is 12.1 Å². The molecule has 0 heterocycles. The molecule has 2 rings (SSSR count). The first-order valence-corrected chi connectivity index (χ1v) is 9.66. The van der Waals surface area contributed by atoms with Crippen molar-refractivity contribution in [1.82, 2.24) is 4.72 Å². The molecule has 0 atom stereocenters. The van der Waals surface area contributed by atoms with Crippen molar-refractivity contribution in [3.8, 4) is 11.8 Å². The Morgan fingerprint density at radius 2 is 1.73 bits per heavy atom. The molecule has 0 aliphatic heterocycles. The lowest BCUT2D eigenvalue weighted by Gasteiger charge is -2.09. The number of carbonyl (C=O) groups is 1. The Balaban J connectivity index is 1.84. The zero-order valence-corrected chi connectivity index (χ0v) is 15.5. The van der Waals surface area contributed by atoms with E-state index >= 15 is 0 Å². The Hall–Kier alpha value is -2.85. The van der Waals surface area contributed by atoms with Gasteiger partial charge in [-0.05, 0) is 54.8 Å². The highest BCUT2D eigenvalue weighted by Gasteiger charge is 2.15. The van der Waals surface area contributed by atoms with Crippen molar-refractivity contribution in [3.63, 3.8) is 0 Å². The summed E-state index contributed by atoms with van der Waals surface area (Å²) in [6.45, 7) is 3.98. The van der Waals surface area contributed by atoms with Gasteiger partial charge in [-0.3, -0.25) is 9.52 Å². The Morgan fingerprint density at radius 3 is 2.31 bits per heavy atom. The molecule has 26 heavy (non-hydrogen) atoms. The molecule has 7 heteroatoms. The third-order valence-electron chi connectivity index (χ3n) is 3.50. The molecule has 2 aromatic rings. The number of nitrogens with zero attached hydrogens (tertiary/aromatic N) is 1. The molecular formula is C19H20N2O4S. The van der Waals surface area contributed by atoms with Gasteiger partial charge in [0.2, 0.25) is 15.9 Å². The summed E-state index contributed by atoms with van der Waals surface area (Å²) in [5.41, 5.74) is 3.04. The van der Waals surface area contributed by atoms with Crippen LogP contribution in [0.1, 0.15) is 28.7 Å². The molecule has 1 N–H and O–H groups in total. The summed E-state index contributed by atoms with van der Waals surface area (Å²) in [4.78, 5) is 11.9. The summed E-state index contributed by atoms with van der Waals surface area (Å²) >= 11 is 0. The van der Waals surface area contributed by atoms with Crippen LogP contribution < -0.4 is 9.46 Å². The van der Waals surface area contributed by atoms with Crippen molar-refractivity contribution < 1.29 is 17.9 Å². The van der Waals surface area contributed by atoms with Crippen LogP contribution in [0.4, 0.5) is 0 Å². The molecule has 1 amide bonds. The van der Waals surface area contributed by atoms with E-state index in [4.69, 9.17) is 10.00 Å². The predicted molar refractivity (Wildman–Crippen MR) is 98.0 cm³/mol. The van der Waals surface area contributed by atoms with Gasteiger partial charge in [0.25, 0.3) is 0 Å². The normalized spacial score (nSPS) is 10.8. The smallest absolute Gasteiger partial charge is 0.239 e. The second-order valence-corrected chi connectivity index (χ2v) is 7.74. The molecule has 0 saturated carbocycles. The zero-order chi connectivity index (χ0) is 19.2. The van der Waals surface area contributed by atoms with Gasteiger partial charge >= 0.3 is 0 Å². The molecule has 0 aliphatic rings. The lowest BCUT2D eigenvalue weighted by atomic mass is 10.1. The van der Waals surface area contributed by atoms with Crippen molar-refractivity contribution in [2.24, 2.45) is 0 Å². The molecule has 0 bridgehead atoms. The fraction of sp³-hybridized carbons (Fsp3) is 0.263. The van der Waals surface area contributed by atoms with E-state index in [0.29, 0.717) is 16.9 Å². The van der Waals surface area contributed by atoms with Crippen molar-refractivity contribution in [1.29, 1.82) is 5.26 Å². The largest absolute Gasteiger partial charge is 0.493 e. The first-order chi connectivity index (χ1) is 12.3. The van der Waals surface area contributed by atoms with E-state index in [1.165, 1.54) is 12.1 Å². The predicted octanol–water partition coefficient (Wildman–Crippen LogP) is 2.59. The Labute approximate surface area is 153 Å². The minimum absolute atomic E-state index is 0.0699. The Bertz CT molecular complexity index is 909. The van der Waals surface area contributed by atoms with Crippen molar-refractivity contribution in [2.45, 2.75) is 26.0 Å². The highest BCUT2D eigenvalue weighted by molar-refractivity contribution is 7.89. The minimum Gasteiger partial charge on any atom is -0.493 e. The number of amides is 1. The number of aryl methyl sites for hydroxylation is 2. The summed E-state index contributed by atoms with van der Waals surface area (Å²) in [5, 5.41) is 8.74. The zero-order valence-electron chi connectivity index (χ0n) is 14.7. The Morgan fingerprint density at radius 1 is 1.12 bits per heavy atom. The fourth-order valence-corrected chi connectivity index (χ4v) is 3.59. The third-order valence-corrected chi connectivity index (χ3v) is 4.75. The minimum atomic E-state index is -3.80. The van der Waals surface area contributed by atoms with Crippen LogP contribution in [0.5, 0.6) is 5.75 Å². The summed E-state index contributed by atoms with van der Waals surface area (Å²) < 4.78 is 31.6. The van der Waals surface area contributed by atoms with Crippen LogP contribution in [-0.4, -0.2) is 20.9 Å². The summed E-state index contributed by atoms with van der Waals surface area (Å²) in [5.74, 6) is -0.304. The molecule has 0 fully saturated rings. The molecule has 6 nitrogen and oxygen atoms in total. The molecule has 0 aliphatic carbocycles. The molecular weight excluding hydrogens is 352 g/mol. The van der Waals surface area contributed by atoms with Gasteiger partial charge in [-0.1, -0.05) is 18.2 Å². The maximum absolute atomic E-state index is 12.0. The third kappa shape index (κ3) is 6.22. The number of nitrogens with one attached hydrogen (secondary N) is 1. The quantitative estimate of drug-likeness (QED) is 0.806. The SMILES string of the molecule is Cc1cc(C)cc(OCCC(=O)NS(=O)(=O)Cc2ccc(C#N)cc2)c1. The number of hydrogen-bond donors (Lipinski definition) is 1. The maximum Gasteiger partial charge on any atom is 0.239 e. The average molecular weight is 372 g/mol. The lowest BCUT2D eigenvalue weighted by Crippen LogP contribution is -2.32. The summed E-state index contributed by atoms with van der Waals surface area (Å²) in [7, 11) is -3.80. The highest BCUT2D eigenvalue weighted by atomic mass is 32.2. The van der Waals surface area contributed by atoms with Crippen molar-refractivity contribution in [2.75, 3.05) is 6.61 Å². The van der Waals surface area contributed by atoms with Crippen LogP contribution in [0, 0.1) is 25.2 Å². The fourth-order valence-electron chi connectivity index (χ4n) is 2.43. The number of sulfonamides is 1. The van der Waals surface area contributed by atoms with Gasteiger partial charge in [-0.2, -0.15) is 5.26 Å². The van der Waals surface area contributed by atoms with Gasteiger partial charge in [0.05, 0.1) is 30.4 Å². The molecule has 136 valence electrons. The summed E-state index contributed by atoms with van der Waals surface area (Å²) in [6.07, 6.45) is -0.0699. The molecule has 0 radical (unpaired) electrons. The number of hydrogen-bond acceptors (Lipinski definition) is 5. The van der Waals surface area contributed by atoms with Crippen LogP contribution in [-0.2, 0) is 20.6 Å². The van der Waals surface area contributed by atoms with E-state index in [2.05, 4.69) is 0 Å². The van der Waals surface area contributed by atoms with Gasteiger partial charge < -0.3 is 4.74 Å². The number of rotatable bonds is 7. The van der Waals surface area contributed by atoms with E-state index < -0.39 is 15.9 Å². The molecule has 0 aromatic heterocycles. The number of benzene rings is 2. The van der Waals surface area contributed by atoms with Gasteiger partial charge in [0.15, 0.2) is 0 Å². The van der Waals surface area contributed by atoms with E-state index in [9.17, 15) is 13.2 Å². The summed E-state index contributed by atoms with van der Waals surface area (Å²) in [6, 6.07) is 13.8. The van der Waals surface area contributed by atoms with Crippen LogP contribution in [0.15, 0.2) is 42.5 Å². The number of carbonyl (C=O) groups excluding carboxylic acids is 1. The maximum atomic E-state index is 12.0. The lowest BCUT2D eigenvalue weighted by molar-refractivity contribution is -0.119.